The Morgan fingerprint density at radius 1 is 0.919 bits per heavy atom. The van der Waals surface area contributed by atoms with Crippen molar-refractivity contribution in [2.75, 3.05) is 5.32 Å². The van der Waals surface area contributed by atoms with E-state index in [1.807, 2.05) is 62.4 Å². The monoisotopic (exact) mass is 488 g/mol. The molecule has 8 nitrogen and oxygen atoms in total. The number of nitrogens with zero attached hydrogens (tertiary/aromatic N) is 5. The van der Waals surface area contributed by atoms with Crippen molar-refractivity contribution >= 4 is 39.4 Å². The minimum Gasteiger partial charge on any atom is -0.311 e. The lowest BCUT2D eigenvalue weighted by molar-refractivity contribution is -0.114. The second-order valence-electron chi connectivity index (χ2n) is 9.46. The van der Waals surface area contributed by atoms with Crippen molar-refractivity contribution in [3.63, 3.8) is 0 Å². The molecule has 0 aliphatic heterocycles. The number of aromatic nitrogens is 4. The Bertz CT molecular complexity index is 1730. The summed E-state index contributed by atoms with van der Waals surface area (Å²) >= 11 is 0. The van der Waals surface area contributed by atoms with Crippen LogP contribution >= 0.6 is 0 Å². The van der Waals surface area contributed by atoms with Gasteiger partial charge < -0.3 is 5.32 Å². The number of anilines is 1. The summed E-state index contributed by atoms with van der Waals surface area (Å²) in [6.45, 7) is 6.66. The fraction of sp³-hybridized carbons (Fsp3) is 0.172. The van der Waals surface area contributed by atoms with Crippen LogP contribution in [0.5, 0.6) is 0 Å². The molecular formula is C29H24N6O2. The Hall–Kier alpha value is -4.90. The number of amides is 1. The highest BCUT2D eigenvalue weighted by molar-refractivity contribution is 6.12. The maximum absolute atomic E-state index is 12.5. The molecule has 0 aliphatic rings. The van der Waals surface area contributed by atoms with Crippen LogP contribution in [0.3, 0.4) is 0 Å². The van der Waals surface area contributed by atoms with Crippen molar-refractivity contribution in [2.45, 2.75) is 33.1 Å². The molecule has 8 heteroatoms. The molecule has 5 rings (SSSR count). The number of benzene rings is 2. The van der Waals surface area contributed by atoms with Gasteiger partial charge in [0, 0.05) is 41.9 Å². The minimum absolute atomic E-state index is 0.180. The van der Waals surface area contributed by atoms with Crippen LogP contribution in [0.15, 0.2) is 67.0 Å². The average molecular weight is 489 g/mol. The largest absolute Gasteiger partial charge is 0.311 e. The van der Waals surface area contributed by atoms with Crippen molar-refractivity contribution in [1.29, 1.82) is 5.26 Å². The summed E-state index contributed by atoms with van der Waals surface area (Å²) in [5.74, 6) is 0.0901. The van der Waals surface area contributed by atoms with Gasteiger partial charge in [0.2, 0.25) is 11.8 Å². The number of hydrogen-bond acceptors (Lipinski definition) is 6. The van der Waals surface area contributed by atoms with Gasteiger partial charge in [0.25, 0.3) is 0 Å². The van der Waals surface area contributed by atoms with Gasteiger partial charge in [0.15, 0.2) is 0 Å². The number of pyridine rings is 2. The molecule has 0 aliphatic carbocycles. The SMILES string of the molecule is CC(=O)Nc1ccc(-c2ccc3nc(-c4ccc(C(C)(C)C#N)cc4)c4c(cnn4C(C)=O)c3c2)cn1. The van der Waals surface area contributed by atoms with Crippen molar-refractivity contribution in [1.82, 2.24) is 19.7 Å². The van der Waals surface area contributed by atoms with Crippen LogP contribution < -0.4 is 5.32 Å². The third kappa shape index (κ3) is 4.32. The van der Waals surface area contributed by atoms with Gasteiger partial charge in [-0.15, -0.1) is 0 Å². The van der Waals surface area contributed by atoms with Crippen molar-refractivity contribution in [2.24, 2.45) is 0 Å². The molecule has 1 N–H and O–H groups in total. The number of nitrogens with one attached hydrogen (secondary N) is 1. The number of carbonyl (C=O) groups is 2. The number of rotatable bonds is 4. The maximum atomic E-state index is 12.5. The Balaban J connectivity index is 1.67. The molecule has 0 fully saturated rings. The highest BCUT2D eigenvalue weighted by atomic mass is 16.2. The van der Waals surface area contributed by atoms with Gasteiger partial charge in [0.05, 0.1) is 28.9 Å². The Morgan fingerprint density at radius 2 is 1.62 bits per heavy atom. The Kier molecular flexibility index (Phi) is 5.76. The lowest BCUT2D eigenvalue weighted by Crippen LogP contribution is -2.13. The topological polar surface area (TPSA) is 114 Å². The van der Waals surface area contributed by atoms with Crippen LogP contribution in [0.4, 0.5) is 5.82 Å². The third-order valence-corrected chi connectivity index (χ3v) is 6.37. The molecule has 0 spiro atoms. The molecule has 0 saturated carbocycles. The highest BCUT2D eigenvalue weighted by Gasteiger charge is 2.21. The van der Waals surface area contributed by atoms with Crippen LogP contribution in [-0.2, 0) is 10.2 Å². The molecule has 0 radical (unpaired) electrons. The molecule has 182 valence electrons. The summed E-state index contributed by atoms with van der Waals surface area (Å²) in [5, 5.41) is 18.2. The first kappa shape index (κ1) is 23.8. The molecule has 2 aromatic carbocycles. The summed E-state index contributed by atoms with van der Waals surface area (Å²) < 4.78 is 1.38. The first-order chi connectivity index (χ1) is 17.7. The summed E-state index contributed by atoms with van der Waals surface area (Å²) in [5.41, 5.74) is 4.95. The van der Waals surface area contributed by atoms with Gasteiger partial charge in [-0.25, -0.2) is 9.97 Å². The predicted octanol–water partition coefficient (Wildman–Crippen LogP) is 5.73. The molecule has 0 bridgehead atoms. The average Bonchev–Trinajstić information content (AvgIpc) is 3.34. The van der Waals surface area contributed by atoms with E-state index in [1.165, 1.54) is 18.5 Å². The van der Waals surface area contributed by atoms with Crippen LogP contribution in [-0.4, -0.2) is 31.6 Å². The van der Waals surface area contributed by atoms with Gasteiger partial charge in [-0.05, 0) is 49.2 Å². The van der Waals surface area contributed by atoms with Crippen LogP contribution in [0.25, 0.3) is 44.2 Å². The second-order valence-corrected chi connectivity index (χ2v) is 9.46. The summed E-state index contributed by atoms with van der Waals surface area (Å²) in [6, 6.07) is 19.6. The lowest BCUT2D eigenvalue weighted by atomic mass is 9.86. The van der Waals surface area contributed by atoms with Gasteiger partial charge in [-0.2, -0.15) is 15.0 Å². The lowest BCUT2D eigenvalue weighted by Gasteiger charge is -2.16. The molecule has 0 saturated heterocycles. The smallest absolute Gasteiger partial charge is 0.244 e. The molecule has 37 heavy (non-hydrogen) atoms. The van der Waals surface area contributed by atoms with Crippen molar-refractivity contribution < 1.29 is 9.59 Å². The van der Waals surface area contributed by atoms with E-state index in [9.17, 15) is 14.9 Å². The second kappa shape index (κ2) is 8.95. The number of fused-ring (bicyclic) bond motifs is 3. The van der Waals surface area contributed by atoms with Gasteiger partial charge in [0.1, 0.15) is 11.3 Å². The van der Waals surface area contributed by atoms with E-state index in [2.05, 4.69) is 21.5 Å². The molecule has 5 aromatic rings. The molecule has 0 unspecified atom stereocenters. The molecule has 3 heterocycles. The first-order valence-electron chi connectivity index (χ1n) is 11.8. The van der Waals surface area contributed by atoms with Crippen molar-refractivity contribution in [3.05, 3.63) is 72.6 Å². The van der Waals surface area contributed by atoms with E-state index in [4.69, 9.17) is 4.98 Å². The Morgan fingerprint density at radius 3 is 2.24 bits per heavy atom. The highest BCUT2D eigenvalue weighted by Crippen LogP contribution is 2.35. The standard InChI is InChI=1S/C29H24N6O2/c1-17(36)33-26-12-8-21(14-31-26)20-7-11-25-23(13-20)24-15-32-35(18(2)37)28(24)27(34-25)19-5-9-22(10-6-19)29(3,4)16-30/h5-15H,1-4H3,(H,31,33,36). The normalized spacial score (nSPS) is 11.4. The number of carbonyl (C=O) groups excluding carboxylic acids is 2. The molecule has 0 atom stereocenters. The van der Waals surface area contributed by atoms with Gasteiger partial charge >= 0.3 is 0 Å². The summed E-state index contributed by atoms with van der Waals surface area (Å²) in [4.78, 5) is 33.0. The molecular weight excluding hydrogens is 464 g/mol. The van der Waals surface area contributed by atoms with E-state index in [1.54, 1.807) is 18.5 Å². The van der Waals surface area contributed by atoms with Crippen LogP contribution in [0.2, 0.25) is 0 Å². The fourth-order valence-electron chi connectivity index (χ4n) is 4.34. The van der Waals surface area contributed by atoms with Crippen LogP contribution in [0, 0.1) is 11.3 Å². The van der Waals surface area contributed by atoms with E-state index in [0.29, 0.717) is 17.0 Å². The molecule has 3 aromatic heterocycles. The minimum atomic E-state index is -0.614. The zero-order valence-electron chi connectivity index (χ0n) is 20.9. The van der Waals surface area contributed by atoms with Gasteiger partial charge in [-0.1, -0.05) is 30.3 Å². The third-order valence-electron chi connectivity index (χ3n) is 6.37. The van der Waals surface area contributed by atoms with Crippen molar-refractivity contribution in [3.8, 4) is 28.5 Å². The van der Waals surface area contributed by atoms with E-state index >= 15 is 0 Å². The number of hydrogen-bond donors (Lipinski definition) is 1. The number of nitriles is 1. The molecule has 1 amide bonds. The Labute approximate surface area is 213 Å². The summed E-state index contributed by atoms with van der Waals surface area (Å²) in [7, 11) is 0. The fourth-order valence-corrected chi connectivity index (χ4v) is 4.34. The van der Waals surface area contributed by atoms with E-state index in [-0.39, 0.29) is 11.8 Å². The first-order valence-corrected chi connectivity index (χ1v) is 11.8. The quantitative estimate of drug-likeness (QED) is 0.345. The zero-order chi connectivity index (χ0) is 26.3. The van der Waals surface area contributed by atoms with Crippen LogP contribution in [0.1, 0.15) is 38.1 Å². The van der Waals surface area contributed by atoms with Gasteiger partial charge in [-0.3, -0.25) is 9.59 Å². The summed E-state index contributed by atoms with van der Waals surface area (Å²) in [6.07, 6.45) is 3.40. The predicted molar refractivity (Wildman–Crippen MR) is 143 cm³/mol. The maximum Gasteiger partial charge on any atom is 0.244 e. The zero-order valence-corrected chi connectivity index (χ0v) is 20.9. The van der Waals surface area contributed by atoms with E-state index < -0.39 is 5.41 Å². The van der Waals surface area contributed by atoms with E-state index in [0.717, 1.165) is 38.5 Å².